The van der Waals surface area contributed by atoms with Crippen LogP contribution in [0.4, 0.5) is 0 Å². The summed E-state index contributed by atoms with van der Waals surface area (Å²) in [6.45, 7) is 5.03. The highest BCUT2D eigenvalue weighted by molar-refractivity contribution is 9.09. The first kappa shape index (κ1) is 14.0. The lowest BCUT2D eigenvalue weighted by Crippen LogP contribution is -2.34. The number of halogens is 1. The second-order valence-electron chi connectivity index (χ2n) is 5.04. The Morgan fingerprint density at radius 2 is 2.12 bits per heavy atom. The molecule has 2 nitrogen and oxygen atoms in total. The highest BCUT2D eigenvalue weighted by Gasteiger charge is 2.26. The van der Waals surface area contributed by atoms with Crippen LogP contribution in [0.15, 0.2) is 0 Å². The van der Waals surface area contributed by atoms with Crippen molar-refractivity contribution in [2.75, 3.05) is 11.9 Å². The number of nitrogens with one attached hydrogen (secondary N) is 1. The van der Waals surface area contributed by atoms with E-state index in [-0.39, 0.29) is 11.8 Å². The average Bonchev–Trinajstić information content (AvgIpc) is 2.73. The normalized spacial score (nSPS) is 26.7. The van der Waals surface area contributed by atoms with E-state index in [0.717, 1.165) is 30.6 Å². The van der Waals surface area contributed by atoms with Gasteiger partial charge in [-0.2, -0.15) is 0 Å². The minimum Gasteiger partial charge on any atom is -0.356 e. The molecule has 16 heavy (non-hydrogen) atoms. The van der Waals surface area contributed by atoms with E-state index in [1.165, 1.54) is 19.3 Å². The highest BCUT2D eigenvalue weighted by atomic mass is 79.9. The van der Waals surface area contributed by atoms with Crippen molar-refractivity contribution >= 4 is 21.8 Å². The molecule has 0 aliphatic heterocycles. The van der Waals surface area contributed by atoms with Gasteiger partial charge >= 0.3 is 0 Å². The fourth-order valence-electron chi connectivity index (χ4n) is 2.56. The van der Waals surface area contributed by atoms with Crippen molar-refractivity contribution in [2.24, 2.45) is 17.8 Å². The SMILES string of the molecule is CCCC(C)C(=O)NCC1CCCC1CBr. The lowest BCUT2D eigenvalue weighted by Gasteiger charge is -2.19. The maximum Gasteiger partial charge on any atom is 0.222 e. The van der Waals surface area contributed by atoms with Crippen molar-refractivity contribution < 1.29 is 4.79 Å². The molecule has 1 amide bonds. The molecule has 0 radical (unpaired) electrons. The lowest BCUT2D eigenvalue weighted by atomic mass is 9.97. The van der Waals surface area contributed by atoms with Gasteiger partial charge in [0.2, 0.25) is 5.91 Å². The Hall–Kier alpha value is -0.0500. The number of hydrogen-bond acceptors (Lipinski definition) is 1. The Bertz CT molecular complexity index is 220. The third-order valence-corrected chi connectivity index (χ3v) is 4.55. The van der Waals surface area contributed by atoms with E-state index in [1.54, 1.807) is 0 Å². The first-order valence-electron chi connectivity index (χ1n) is 6.52. The van der Waals surface area contributed by atoms with Crippen LogP contribution in [-0.4, -0.2) is 17.8 Å². The van der Waals surface area contributed by atoms with Crippen LogP contribution in [0.2, 0.25) is 0 Å². The molecular weight excluding hydrogens is 266 g/mol. The molecule has 3 atom stereocenters. The first-order valence-corrected chi connectivity index (χ1v) is 7.64. The van der Waals surface area contributed by atoms with Crippen LogP contribution in [0.1, 0.15) is 46.0 Å². The van der Waals surface area contributed by atoms with Gasteiger partial charge in [-0.15, -0.1) is 0 Å². The maximum atomic E-state index is 11.8. The predicted octanol–water partition coefficient (Wildman–Crippen LogP) is 3.35. The van der Waals surface area contributed by atoms with Gasteiger partial charge in [0, 0.05) is 17.8 Å². The van der Waals surface area contributed by atoms with E-state index in [1.807, 2.05) is 6.92 Å². The fraction of sp³-hybridized carbons (Fsp3) is 0.923. The molecule has 1 aliphatic carbocycles. The molecule has 3 heteroatoms. The van der Waals surface area contributed by atoms with Crippen molar-refractivity contribution in [3.05, 3.63) is 0 Å². The molecule has 1 saturated carbocycles. The molecule has 0 spiro atoms. The molecule has 1 rings (SSSR count). The van der Waals surface area contributed by atoms with Crippen LogP contribution in [-0.2, 0) is 4.79 Å². The predicted molar refractivity (Wildman–Crippen MR) is 71.7 cm³/mol. The molecule has 0 aromatic rings. The molecule has 94 valence electrons. The van der Waals surface area contributed by atoms with E-state index in [9.17, 15) is 4.79 Å². The lowest BCUT2D eigenvalue weighted by molar-refractivity contribution is -0.124. The van der Waals surface area contributed by atoms with Crippen LogP contribution < -0.4 is 5.32 Å². The molecule has 0 bridgehead atoms. The number of carbonyl (C=O) groups is 1. The summed E-state index contributed by atoms with van der Waals surface area (Å²) in [5.41, 5.74) is 0. The standard InChI is InChI=1S/C13H24BrNO/c1-3-5-10(2)13(16)15-9-12-7-4-6-11(12)8-14/h10-12H,3-9H2,1-2H3,(H,15,16). The Morgan fingerprint density at radius 1 is 1.44 bits per heavy atom. The summed E-state index contributed by atoms with van der Waals surface area (Å²) < 4.78 is 0. The zero-order valence-electron chi connectivity index (χ0n) is 10.5. The summed E-state index contributed by atoms with van der Waals surface area (Å²) in [6, 6.07) is 0. The van der Waals surface area contributed by atoms with Crippen molar-refractivity contribution in [1.29, 1.82) is 0 Å². The largest absolute Gasteiger partial charge is 0.356 e. The second kappa shape index (κ2) is 7.31. The van der Waals surface area contributed by atoms with Crippen molar-refractivity contribution in [1.82, 2.24) is 5.32 Å². The Kier molecular flexibility index (Phi) is 6.40. The second-order valence-corrected chi connectivity index (χ2v) is 5.69. The molecular formula is C13H24BrNO. The van der Waals surface area contributed by atoms with Gasteiger partial charge < -0.3 is 5.32 Å². The summed E-state index contributed by atoms with van der Waals surface area (Å²) in [6.07, 6.45) is 6.00. The van der Waals surface area contributed by atoms with Gasteiger partial charge in [-0.1, -0.05) is 42.6 Å². The summed E-state index contributed by atoms with van der Waals surface area (Å²) in [5.74, 6) is 1.87. The first-order chi connectivity index (χ1) is 7.69. The van der Waals surface area contributed by atoms with Gasteiger partial charge in [-0.3, -0.25) is 4.79 Å². The summed E-state index contributed by atoms with van der Waals surface area (Å²) in [4.78, 5) is 11.8. The Balaban J connectivity index is 2.25. The van der Waals surface area contributed by atoms with Crippen LogP contribution in [0.25, 0.3) is 0 Å². The van der Waals surface area contributed by atoms with Crippen LogP contribution >= 0.6 is 15.9 Å². The van der Waals surface area contributed by atoms with Gasteiger partial charge in [0.25, 0.3) is 0 Å². The molecule has 3 unspecified atom stereocenters. The van der Waals surface area contributed by atoms with E-state index in [2.05, 4.69) is 28.2 Å². The minimum absolute atomic E-state index is 0.175. The number of rotatable bonds is 6. The fourth-order valence-corrected chi connectivity index (χ4v) is 3.41. The van der Waals surface area contributed by atoms with Gasteiger partial charge in [0.1, 0.15) is 0 Å². The molecule has 1 aliphatic rings. The van der Waals surface area contributed by atoms with E-state index in [0.29, 0.717) is 5.92 Å². The Labute approximate surface area is 108 Å². The molecule has 0 aromatic heterocycles. The smallest absolute Gasteiger partial charge is 0.222 e. The van der Waals surface area contributed by atoms with Gasteiger partial charge in [-0.05, 0) is 31.1 Å². The van der Waals surface area contributed by atoms with Crippen LogP contribution in [0, 0.1) is 17.8 Å². The maximum absolute atomic E-state index is 11.8. The number of alkyl halides is 1. The van der Waals surface area contributed by atoms with Crippen molar-refractivity contribution in [2.45, 2.75) is 46.0 Å². The molecule has 0 aromatic carbocycles. The summed E-state index contributed by atoms with van der Waals surface area (Å²) >= 11 is 3.56. The number of amides is 1. The molecule has 0 saturated heterocycles. The Morgan fingerprint density at radius 3 is 2.75 bits per heavy atom. The molecule has 1 N–H and O–H groups in total. The zero-order valence-corrected chi connectivity index (χ0v) is 12.1. The molecule has 0 heterocycles. The van der Waals surface area contributed by atoms with Crippen molar-refractivity contribution in [3.63, 3.8) is 0 Å². The monoisotopic (exact) mass is 289 g/mol. The van der Waals surface area contributed by atoms with Crippen LogP contribution in [0.3, 0.4) is 0 Å². The van der Waals surface area contributed by atoms with Crippen LogP contribution in [0.5, 0.6) is 0 Å². The van der Waals surface area contributed by atoms with E-state index < -0.39 is 0 Å². The zero-order chi connectivity index (χ0) is 12.0. The number of carbonyl (C=O) groups excluding carboxylic acids is 1. The number of hydrogen-bond donors (Lipinski definition) is 1. The third kappa shape index (κ3) is 4.08. The average molecular weight is 290 g/mol. The van der Waals surface area contributed by atoms with Crippen molar-refractivity contribution in [3.8, 4) is 0 Å². The van der Waals surface area contributed by atoms with E-state index >= 15 is 0 Å². The third-order valence-electron chi connectivity index (χ3n) is 3.72. The quantitative estimate of drug-likeness (QED) is 0.747. The topological polar surface area (TPSA) is 29.1 Å². The van der Waals surface area contributed by atoms with Gasteiger partial charge in [0.05, 0.1) is 0 Å². The minimum atomic E-state index is 0.175. The summed E-state index contributed by atoms with van der Waals surface area (Å²) in [5, 5.41) is 4.20. The molecule has 1 fully saturated rings. The highest BCUT2D eigenvalue weighted by Crippen LogP contribution is 2.32. The van der Waals surface area contributed by atoms with Gasteiger partial charge in [0.15, 0.2) is 0 Å². The van der Waals surface area contributed by atoms with E-state index in [4.69, 9.17) is 0 Å². The summed E-state index contributed by atoms with van der Waals surface area (Å²) in [7, 11) is 0. The van der Waals surface area contributed by atoms with Gasteiger partial charge in [-0.25, -0.2) is 0 Å².